The predicted octanol–water partition coefficient (Wildman–Crippen LogP) is 4.30. The van der Waals surface area contributed by atoms with Crippen molar-refractivity contribution in [2.45, 2.75) is 44.4 Å². The summed E-state index contributed by atoms with van der Waals surface area (Å²) in [6.07, 6.45) is 5.37. The van der Waals surface area contributed by atoms with E-state index in [-0.39, 0.29) is 33.6 Å². The van der Waals surface area contributed by atoms with Crippen LogP contribution < -0.4 is 5.43 Å². The minimum atomic E-state index is -3.74. The van der Waals surface area contributed by atoms with Gasteiger partial charge in [0.2, 0.25) is 15.5 Å². The smallest absolute Gasteiger partial charge is 0.259 e. The van der Waals surface area contributed by atoms with Gasteiger partial charge in [-0.15, -0.1) is 0 Å². The quantitative estimate of drug-likeness (QED) is 0.488. The van der Waals surface area contributed by atoms with E-state index in [0.29, 0.717) is 37.6 Å². The van der Waals surface area contributed by atoms with Crippen LogP contribution in [0.1, 0.15) is 49.0 Å². The minimum Gasteiger partial charge on any atom is -0.350 e. The highest BCUT2D eigenvalue weighted by Crippen LogP contribution is 2.28. The predicted molar refractivity (Wildman–Crippen MR) is 150 cm³/mol. The number of pyridine rings is 1. The molecule has 38 heavy (non-hydrogen) atoms. The van der Waals surface area contributed by atoms with Crippen LogP contribution in [0.4, 0.5) is 0 Å². The van der Waals surface area contributed by atoms with Crippen LogP contribution in [0.15, 0.2) is 64.4 Å². The zero-order chi connectivity index (χ0) is 27.0. The highest BCUT2D eigenvalue weighted by molar-refractivity contribution is 7.89. The molecule has 0 radical (unpaired) electrons. The average molecular weight is 536 g/mol. The number of hydrogen-bond donors (Lipinski definition) is 0. The van der Waals surface area contributed by atoms with Crippen LogP contribution in [0.25, 0.3) is 10.9 Å². The lowest BCUT2D eigenvalue weighted by Crippen LogP contribution is -2.42. The van der Waals surface area contributed by atoms with E-state index in [1.54, 1.807) is 34.8 Å². The van der Waals surface area contributed by atoms with E-state index in [0.717, 1.165) is 25.7 Å². The number of aromatic nitrogens is 1. The number of benzene rings is 2. The van der Waals surface area contributed by atoms with Crippen molar-refractivity contribution < 1.29 is 13.2 Å². The van der Waals surface area contributed by atoms with Crippen LogP contribution >= 0.6 is 0 Å². The van der Waals surface area contributed by atoms with Gasteiger partial charge >= 0.3 is 0 Å². The van der Waals surface area contributed by atoms with E-state index >= 15 is 0 Å². The molecular weight excluding hydrogens is 498 g/mol. The first-order valence-electron chi connectivity index (χ1n) is 13.6. The van der Waals surface area contributed by atoms with Crippen LogP contribution in [0.3, 0.4) is 0 Å². The van der Waals surface area contributed by atoms with Gasteiger partial charge in [0.15, 0.2) is 0 Å². The molecular formula is C30H37N3O4S. The average Bonchev–Trinajstić information content (AvgIpc) is 2.90. The molecule has 5 rings (SSSR count). The number of carbonyl (C=O) groups is 1. The molecule has 2 aliphatic rings. The van der Waals surface area contributed by atoms with Crippen LogP contribution in [0.5, 0.6) is 0 Å². The number of piperidine rings is 2. The summed E-state index contributed by atoms with van der Waals surface area (Å²) in [5, 5.41) is 0.261. The van der Waals surface area contributed by atoms with Crippen molar-refractivity contribution >= 4 is 26.8 Å². The van der Waals surface area contributed by atoms with Crippen LogP contribution in [0, 0.1) is 17.8 Å². The van der Waals surface area contributed by atoms with Gasteiger partial charge in [-0.25, -0.2) is 8.42 Å². The lowest BCUT2D eigenvalue weighted by Gasteiger charge is -2.34. The number of nitrogens with zero attached hydrogens (tertiary/aromatic N) is 3. The van der Waals surface area contributed by atoms with Crippen LogP contribution in [0.2, 0.25) is 0 Å². The van der Waals surface area contributed by atoms with Gasteiger partial charge < -0.3 is 9.47 Å². The number of aryl methyl sites for hydroxylation is 1. The normalized spacial score (nSPS) is 21.6. The standard InChI is InChI=1S/C30H37N3O4S/c1-21-15-22(2)19-33(18-21)38(36,37)25-9-10-28-26(17-25)29(34)27(20-31(28)3)30(35)32-13-11-24(12-14-32)16-23-7-5-4-6-8-23/h4-10,17,20-22,24H,11-16,18-19H2,1-3H3/t21-,22+. The molecule has 0 saturated carbocycles. The second-order valence-electron chi connectivity index (χ2n) is 11.4. The topological polar surface area (TPSA) is 79.7 Å². The van der Waals surface area contributed by atoms with Crippen molar-refractivity contribution in [1.82, 2.24) is 13.8 Å². The molecule has 0 aliphatic carbocycles. The Hall–Kier alpha value is -2.97. The molecule has 2 saturated heterocycles. The molecule has 202 valence electrons. The van der Waals surface area contributed by atoms with E-state index in [1.165, 1.54) is 15.9 Å². The van der Waals surface area contributed by atoms with Crippen molar-refractivity contribution in [3.63, 3.8) is 0 Å². The molecule has 2 fully saturated rings. The van der Waals surface area contributed by atoms with Crippen molar-refractivity contribution in [3.8, 4) is 0 Å². The molecule has 0 bridgehead atoms. The summed E-state index contributed by atoms with van der Waals surface area (Å²) >= 11 is 0. The third-order valence-corrected chi connectivity index (χ3v) is 9.96. The number of rotatable bonds is 5. The fourth-order valence-corrected chi connectivity index (χ4v) is 7.90. The van der Waals surface area contributed by atoms with E-state index in [9.17, 15) is 18.0 Å². The molecule has 2 aliphatic heterocycles. The Morgan fingerprint density at radius 1 is 0.974 bits per heavy atom. The Bertz CT molecular complexity index is 1480. The third-order valence-electron chi connectivity index (χ3n) is 8.13. The fraction of sp³-hybridized carbons (Fsp3) is 0.467. The number of likely N-dealkylation sites (tertiary alicyclic amines) is 1. The second kappa shape index (κ2) is 10.7. The lowest BCUT2D eigenvalue weighted by atomic mass is 9.90. The Morgan fingerprint density at radius 3 is 2.29 bits per heavy atom. The van der Waals surface area contributed by atoms with Crippen molar-refractivity contribution in [3.05, 3.63) is 76.1 Å². The van der Waals surface area contributed by atoms with Gasteiger partial charge in [-0.3, -0.25) is 9.59 Å². The molecule has 7 nitrogen and oxygen atoms in total. The van der Waals surface area contributed by atoms with Crippen LogP contribution in [-0.4, -0.2) is 54.3 Å². The lowest BCUT2D eigenvalue weighted by molar-refractivity contribution is 0.0688. The molecule has 0 N–H and O–H groups in total. The number of hydrogen-bond acceptors (Lipinski definition) is 4. The first-order valence-corrected chi connectivity index (χ1v) is 15.0. The Labute approximate surface area is 225 Å². The Morgan fingerprint density at radius 2 is 1.63 bits per heavy atom. The highest BCUT2D eigenvalue weighted by Gasteiger charge is 2.32. The molecule has 3 heterocycles. The monoisotopic (exact) mass is 535 g/mol. The second-order valence-corrected chi connectivity index (χ2v) is 13.3. The van der Waals surface area contributed by atoms with Gasteiger partial charge in [-0.2, -0.15) is 4.31 Å². The van der Waals surface area contributed by atoms with E-state index in [2.05, 4.69) is 26.0 Å². The first kappa shape index (κ1) is 26.6. The van der Waals surface area contributed by atoms with E-state index in [4.69, 9.17) is 0 Å². The molecule has 0 unspecified atom stereocenters. The van der Waals surface area contributed by atoms with Crippen molar-refractivity contribution in [2.75, 3.05) is 26.2 Å². The summed E-state index contributed by atoms with van der Waals surface area (Å²) in [6, 6.07) is 15.1. The van der Waals surface area contributed by atoms with E-state index < -0.39 is 15.5 Å². The van der Waals surface area contributed by atoms with Crippen LogP contribution in [-0.2, 0) is 23.5 Å². The zero-order valence-corrected chi connectivity index (χ0v) is 23.3. The summed E-state index contributed by atoms with van der Waals surface area (Å²) in [5.41, 5.74) is 1.59. The summed E-state index contributed by atoms with van der Waals surface area (Å²) < 4.78 is 30.3. The maximum Gasteiger partial charge on any atom is 0.259 e. The maximum atomic E-state index is 13.6. The van der Waals surface area contributed by atoms with Gasteiger partial charge in [-0.05, 0) is 67.2 Å². The minimum absolute atomic E-state index is 0.0938. The van der Waals surface area contributed by atoms with Gasteiger partial charge in [0, 0.05) is 44.8 Å². The Balaban J connectivity index is 1.39. The molecule has 3 aromatic rings. The van der Waals surface area contributed by atoms with Gasteiger partial charge in [0.25, 0.3) is 5.91 Å². The van der Waals surface area contributed by atoms with Gasteiger partial charge in [-0.1, -0.05) is 44.2 Å². The molecule has 2 aromatic carbocycles. The number of carbonyl (C=O) groups excluding carboxylic acids is 1. The number of amides is 1. The third kappa shape index (κ3) is 5.29. The molecule has 1 amide bonds. The van der Waals surface area contributed by atoms with E-state index in [1.807, 2.05) is 18.2 Å². The van der Waals surface area contributed by atoms with Gasteiger partial charge in [0.05, 0.1) is 10.4 Å². The number of fused-ring (bicyclic) bond motifs is 1. The maximum absolute atomic E-state index is 13.6. The summed E-state index contributed by atoms with van der Waals surface area (Å²) in [6.45, 7) is 6.30. The summed E-state index contributed by atoms with van der Waals surface area (Å²) in [7, 11) is -1.96. The first-order chi connectivity index (χ1) is 18.1. The SMILES string of the molecule is C[C@@H]1C[C@H](C)CN(S(=O)(=O)c2ccc3c(c2)c(=O)c(C(=O)N2CCC(Cc4ccccc4)CC2)cn3C)C1. The zero-order valence-electron chi connectivity index (χ0n) is 22.5. The molecule has 0 spiro atoms. The molecule has 8 heteroatoms. The summed E-state index contributed by atoms with van der Waals surface area (Å²) in [4.78, 5) is 28.9. The van der Waals surface area contributed by atoms with Crippen molar-refractivity contribution in [1.29, 1.82) is 0 Å². The highest BCUT2D eigenvalue weighted by atomic mass is 32.2. The molecule has 1 aromatic heterocycles. The molecule has 2 atom stereocenters. The van der Waals surface area contributed by atoms with Gasteiger partial charge in [0.1, 0.15) is 5.56 Å². The number of sulfonamides is 1. The van der Waals surface area contributed by atoms with Crippen molar-refractivity contribution in [2.24, 2.45) is 24.8 Å². The fourth-order valence-electron chi connectivity index (χ4n) is 6.19. The largest absolute Gasteiger partial charge is 0.350 e. The Kier molecular flexibility index (Phi) is 7.47. The summed E-state index contributed by atoms with van der Waals surface area (Å²) in [5.74, 6) is 0.789.